The van der Waals surface area contributed by atoms with E-state index in [4.69, 9.17) is 4.74 Å². The Morgan fingerprint density at radius 3 is 2.86 bits per heavy atom. The molecule has 1 heterocycles. The van der Waals surface area contributed by atoms with E-state index in [1.54, 1.807) is 0 Å². The van der Waals surface area contributed by atoms with E-state index in [2.05, 4.69) is 22.6 Å². The Hall–Kier alpha value is 0.160. The fourth-order valence-corrected chi connectivity index (χ4v) is 5.14. The van der Waals surface area contributed by atoms with Gasteiger partial charge in [-0.25, -0.2) is 0 Å². The van der Waals surface area contributed by atoms with E-state index in [9.17, 15) is 9.90 Å². The zero-order chi connectivity index (χ0) is 9.87. The molecule has 0 spiro atoms. The van der Waals surface area contributed by atoms with Crippen LogP contribution in [0, 0.1) is 23.7 Å². The highest BCUT2D eigenvalue weighted by Gasteiger charge is 2.61. The number of esters is 1. The van der Waals surface area contributed by atoms with Gasteiger partial charge in [-0.1, -0.05) is 22.6 Å². The number of carbonyl (C=O) groups excluding carboxylic acids is 1. The Morgan fingerprint density at radius 1 is 1.43 bits per heavy atom. The van der Waals surface area contributed by atoms with E-state index in [0.717, 1.165) is 12.8 Å². The molecule has 0 unspecified atom stereocenters. The molecule has 14 heavy (non-hydrogen) atoms. The summed E-state index contributed by atoms with van der Waals surface area (Å²) < 4.78 is 5.83. The van der Waals surface area contributed by atoms with Crippen LogP contribution in [0.4, 0.5) is 0 Å². The van der Waals surface area contributed by atoms with Crippen LogP contribution in [-0.2, 0) is 9.53 Å². The Morgan fingerprint density at radius 2 is 2.14 bits per heavy atom. The van der Waals surface area contributed by atoms with E-state index in [-0.39, 0.29) is 30.5 Å². The minimum Gasteiger partial charge on any atom is -0.461 e. The molecule has 78 valence electrons. The summed E-state index contributed by atoms with van der Waals surface area (Å²) in [4.78, 5) is 11.6. The first-order chi connectivity index (χ1) is 6.74. The molecule has 4 rings (SSSR count). The van der Waals surface area contributed by atoms with Crippen LogP contribution in [0.25, 0.3) is 0 Å². The van der Waals surface area contributed by atoms with E-state index in [1.807, 2.05) is 0 Å². The van der Waals surface area contributed by atoms with Gasteiger partial charge in [0.25, 0.3) is 0 Å². The number of aliphatic hydroxyl groups is 1. The molecule has 6 atom stereocenters. The summed E-state index contributed by atoms with van der Waals surface area (Å²) in [6, 6.07) is 0. The molecule has 3 nitrogen and oxygen atoms in total. The van der Waals surface area contributed by atoms with Gasteiger partial charge in [0.05, 0.1) is 9.84 Å². The van der Waals surface area contributed by atoms with Crippen LogP contribution in [0.15, 0.2) is 0 Å². The molecule has 0 aromatic rings. The first-order valence-corrected chi connectivity index (χ1v) is 6.44. The zero-order valence-corrected chi connectivity index (χ0v) is 9.88. The molecular formula is C10H13IO3. The normalized spacial score (nSPS) is 54.9. The number of aliphatic hydroxyl groups excluding tert-OH is 1. The number of rotatable bonds is 1. The Kier molecular flexibility index (Phi) is 2.06. The summed E-state index contributed by atoms with van der Waals surface area (Å²) in [6.07, 6.45) is 2.42. The fourth-order valence-electron chi connectivity index (χ4n) is 3.57. The maximum Gasteiger partial charge on any atom is 0.310 e. The lowest BCUT2D eigenvalue weighted by Crippen LogP contribution is -2.51. The van der Waals surface area contributed by atoms with E-state index in [1.165, 1.54) is 0 Å². The topological polar surface area (TPSA) is 46.5 Å². The van der Waals surface area contributed by atoms with Crippen LogP contribution in [0.2, 0.25) is 0 Å². The molecule has 4 heteroatoms. The molecule has 4 fully saturated rings. The third kappa shape index (κ3) is 0.988. The Labute approximate surface area is 96.3 Å². The van der Waals surface area contributed by atoms with Gasteiger partial charge in [0.2, 0.25) is 0 Å². The number of ether oxygens (including phenoxy) is 1. The molecule has 4 aliphatic rings. The molecule has 0 aromatic heterocycles. The number of fused-ring (bicyclic) bond motifs is 1. The van der Waals surface area contributed by atoms with Gasteiger partial charge < -0.3 is 9.84 Å². The second kappa shape index (κ2) is 3.07. The summed E-state index contributed by atoms with van der Waals surface area (Å²) in [7, 11) is 0. The van der Waals surface area contributed by atoms with Crippen molar-refractivity contribution < 1.29 is 14.6 Å². The van der Waals surface area contributed by atoms with E-state index < -0.39 is 0 Å². The molecule has 0 amide bonds. The van der Waals surface area contributed by atoms with E-state index >= 15 is 0 Å². The van der Waals surface area contributed by atoms with Gasteiger partial charge in [0.1, 0.15) is 6.10 Å². The van der Waals surface area contributed by atoms with Gasteiger partial charge in [0, 0.05) is 12.5 Å². The van der Waals surface area contributed by atoms with Crippen molar-refractivity contribution in [1.29, 1.82) is 0 Å². The highest BCUT2D eigenvalue weighted by Crippen LogP contribution is 2.56. The molecule has 0 aromatic carbocycles. The molecule has 3 saturated carbocycles. The quantitative estimate of drug-likeness (QED) is 0.446. The average Bonchev–Trinajstić information content (AvgIpc) is 2.50. The third-order valence-electron chi connectivity index (χ3n) is 4.19. The van der Waals surface area contributed by atoms with Crippen molar-refractivity contribution in [2.75, 3.05) is 6.61 Å². The predicted octanol–water partition coefficient (Wildman–Crippen LogP) is 0.980. The molecule has 3 aliphatic carbocycles. The summed E-state index contributed by atoms with van der Waals surface area (Å²) >= 11 is 2.40. The monoisotopic (exact) mass is 308 g/mol. The maximum atomic E-state index is 11.6. The lowest BCUT2D eigenvalue weighted by Gasteiger charge is -2.47. The predicted molar refractivity (Wildman–Crippen MR) is 58.0 cm³/mol. The number of alkyl halides is 1. The van der Waals surface area contributed by atoms with Crippen LogP contribution >= 0.6 is 22.6 Å². The highest BCUT2D eigenvalue weighted by molar-refractivity contribution is 14.1. The molecule has 4 bridgehead atoms. The van der Waals surface area contributed by atoms with Crippen molar-refractivity contribution in [2.24, 2.45) is 23.7 Å². The SMILES string of the molecule is O=C1O[C@H]2[C@@H](I)[C@@H]3CC[C@H]2[C@@H]1[C@@H]3CO. The standard InChI is InChI=1S/C10H13IO3/c11-8-4-1-2-5-7(6(4)3-12)10(13)14-9(5)8/h4-9,12H,1-3H2/t4-,5+,6-,7-,8+,9-/m1/s1. The van der Waals surface area contributed by atoms with Gasteiger partial charge in [0.15, 0.2) is 0 Å². The molecule has 1 N–H and O–H groups in total. The number of hydrogen-bond acceptors (Lipinski definition) is 3. The number of carbonyl (C=O) groups is 1. The fraction of sp³-hybridized carbons (Fsp3) is 0.900. The van der Waals surface area contributed by atoms with Crippen molar-refractivity contribution in [1.82, 2.24) is 0 Å². The molecule has 1 aliphatic heterocycles. The van der Waals surface area contributed by atoms with Crippen molar-refractivity contribution >= 4 is 28.6 Å². The third-order valence-corrected chi connectivity index (χ3v) is 5.82. The number of hydrogen-bond donors (Lipinski definition) is 1. The smallest absolute Gasteiger partial charge is 0.310 e. The Balaban J connectivity index is 2.01. The van der Waals surface area contributed by atoms with Crippen molar-refractivity contribution in [3.05, 3.63) is 0 Å². The first-order valence-electron chi connectivity index (χ1n) is 5.19. The second-order valence-corrected chi connectivity index (χ2v) is 6.06. The lowest BCUT2D eigenvalue weighted by atomic mass is 9.59. The van der Waals surface area contributed by atoms with Gasteiger partial charge in [-0.3, -0.25) is 4.79 Å². The second-order valence-electron chi connectivity index (χ2n) is 4.62. The summed E-state index contributed by atoms with van der Waals surface area (Å²) in [6.45, 7) is 0.146. The van der Waals surface area contributed by atoms with E-state index in [0.29, 0.717) is 15.8 Å². The van der Waals surface area contributed by atoms with Crippen LogP contribution in [-0.4, -0.2) is 27.7 Å². The van der Waals surface area contributed by atoms with Crippen molar-refractivity contribution in [3.8, 4) is 0 Å². The maximum absolute atomic E-state index is 11.6. The van der Waals surface area contributed by atoms with Crippen molar-refractivity contribution in [3.63, 3.8) is 0 Å². The van der Waals surface area contributed by atoms with Gasteiger partial charge in [-0.15, -0.1) is 0 Å². The highest BCUT2D eigenvalue weighted by atomic mass is 127. The zero-order valence-electron chi connectivity index (χ0n) is 7.73. The summed E-state index contributed by atoms with van der Waals surface area (Å²) in [5, 5.41) is 9.36. The number of halogens is 1. The largest absolute Gasteiger partial charge is 0.461 e. The first kappa shape index (κ1) is 9.39. The molecule has 0 radical (unpaired) electrons. The summed E-state index contributed by atoms with van der Waals surface area (Å²) in [5.74, 6) is 1.01. The Bertz CT molecular complexity index is 281. The van der Waals surface area contributed by atoms with Crippen LogP contribution in [0.1, 0.15) is 12.8 Å². The lowest BCUT2D eigenvalue weighted by molar-refractivity contribution is -0.144. The van der Waals surface area contributed by atoms with Crippen LogP contribution < -0.4 is 0 Å². The molecule has 1 saturated heterocycles. The van der Waals surface area contributed by atoms with Gasteiger partial charge in [-0.05, 0) is 24.7 Å². The average molecular weight is 308 g/mol. The summed E-state index contributed by atoms with van der Waals surface area (Å²) in [5.41, 5.74) is 0. The van der Waals surface area contributed by atoms with Crippen molar-refractivity contribution in [2.45, 2.75) is 22.9 Å². The van der Waals surface area contributed by atoms with Gasteiger partial charge in [-0.2, -0.15) is 0 Å². The minimum atomic E-state index is -0.0529. The van der Waals surface area contributed by atoms with Crippen LogP contribution in [0.3, 0.4) is 0 Å². The van der Waals surface area contributed by atoms with Crippen LogP contribution in [0.5, 0.6) is 0 Å². The minimum absolute atomic E-state index is 0.00904. The molecular weight excluding hydrogens is 295 g/mol. The van der Waals surface area contributed by atoms with Gasteiger partial charge >= 0.3 is 5.97 Å².